The third-order valence-corrected chi connectivity index (χ3v) is 8.20. The lowest BCUT2D eigenvalue weighted by molar-refractivity contribution is -0.129. The molecule has 0 atom stereocenters. The quantitative estimate of drug-likeness (QED) is 0.123. The molecule has 2 fully saturated rings. The Bertz CT molecular complexity index is 1490. The van der Waals surface area contributed by atoms with E-state index in [1.165, 1.54) is 47.1 Å². The minimum absolute atomic E-state index is 0.147. The number of aromatic nitrogens is 2. The van der Waals surface area contributed by atoms with Gasteiger partial charge in [-0.3, -0.25) is 9.89 Å². The number of hydrogen-bond donors (Lipinski definition) is 1. The zero-order valence-corrected chi connectivity index (χ0v) is 23.0. The molecule has 1 amide bonds. The van der Waals surface area contributed by atoms with Gasteiger partial charge in [-0.1, -0.05) is 61.0 Å². The summed E-state index contributed by atoms with van der Waals surface area (Å²) in [6.45, 7) is 2.48. The number of ether oxygens (including phenoxy) is 1. The van der Waals surface area contributed by atoms with Gasteiger partial charge in [-0.15, -0.1) is 0 Å². The highest BCUT2D eigenvalue weighted by molar-refractivity contribution is 6.01. The van der Waals surface area contributed by atoms with Crippen LogP contribution in [0.1, 0.15) is 61.6 Å². The van der Waals surface area contributed by atoms with Crippen LogP contribution in [-0.4, -0.2) is 40.7 Å². The maximum Gasteiger partial charge on any atom is 0.246 e. The average Bonchev–Trinajstić information content (AvgIpc) is 3.40. The van der Waals surface area contributed by atoms with E-state index in [2.05, 4.69) is 83.0 Å². The Balaban J connectivity index is 1.18. The van der Waals surface area contributed by atoms with Gasteiger partial charge in [0.05, 0.1) is 18.3 Å². The minimum Gasteiger partial charge on any atom is -0.494 e. The first-order valence-corrected chi connectivity index (χ1v) is 14.7. The Kier molecular flexibility index (Phi) is 8.08. The van der Waals surface area contributed by atoms with Crippen LogP contribution in [0.15, 0.2) is 91.1 Å². The van der Waals surface area contributed by atoms with E-state index in [1.54, 1.807) is 6.08 Å². The van der Waals surface area contributed by atoms with Gasteiger partial charge in [0.1, 0.15) is 5.75 Å². The maximum atomic E-state index is 11.9. The number of H-pyrrole nitrogens is 1. The number of rotatable bonds is 11. The second-order valence-corrected chi connectivity index (χ2v) is 10.9. The molecule has 1 aromatic heterocycles. The Morgan fingerprint density at radius 2 is 1.73 bits per heavy atom. The standard InChI is InChI=1S/C35H37N3O2/c39-33(38-21-9-22-38)14-6-1-2-7-23-40-31-18-15-28(16-19-31)35(29-17-20-32-30(24-29)25-36-37-32)34(27-12-8-13-27)26-10-4-3-5-11-26/h3-6,10-11,14-20,24-25,27H,1-2,7-9,12-13,21-23H2,(H,36,37)/b14-6+,35-34-. The Morgan fingerprint density at radius 3 is 2.45 bits per heavy atom. The lowest BCUT2D eigenvalue weighted by atomic mass is 9.73. The zero-order chi connectivity index (χ0) is 27.1. The van der Waals surface area contributed by atoms with Crippen molar-refractivity contribution in [2.24, 2.45) is 5.92 Å². The predicted molar refractivity (Wildman–Crippen MR) is 162 cm³/mol. The molecule has 0 bridgehead atoms. The molecule has 3 aromatic carbocycles. The smallest absolute Gasteiger partial charge is 0.246 e. The van der Waals surface area contributed by atoms with E-state index in [9.17, 15) is 4.79 Å². The molecule has 0 radical (unpaired) electrons. The largest absolute Gasteiger partial charge is 0.494 e. The van der Waals surface area contributed by atoms with Crippen molar-refractivity contribution in [3.8, 4) is 5.75 Å². The molecule has 0 spiro atoms. The highest BCUT2D eigenvalue weighted by Crippen LogP contribution is 2.45. The molecule has 1 aliphatic carbocycles. The number of carbonyl (C=O) groups is 1. The predicted octanol–water partition coefficient (Wildman–Crippen LogP) is 7.66. The number of nitrogens with zero attached hydrogens (tertiary/aromatic N) is 2. The van der Waals surface area contributed by atoms with E-state index in [-0.39, 0.29) is 5.91 Å². The van der Waals surface area contributed by atoms with Crippen molar-refractivity contribution in [2.45, 2.75) is 44.9 Å². The topological polar surface area (TPSA) is 58.2 Å². The number of aromatic amines is 1. The fourth-order valence-corrected chi connectivity index (χ4v) is 5.57. The number of unbranched alkanes of at least 4 members (excludes halogenated alkanes) is 2. The maximum absolute atomic E-state index is 11.9. The van der Waals surface area contributed by atoms with Gasteiger partial charge in [-0.05, 0) is 103 Å². The molecule has 6 rings (SSSR count). The summed E-state index contributed by atoms with van der Waals surface area (Å²) in [6.07, 6.45) is 13.4. The van der Waals surface area contributed by atoms with Crippen molar-refractivity contribution < 1.29 is 9.53 Å². The van der Waals surface area contributed by atoms with Gasteiger partial charge in [0, 0.05) is 18.5 Å². The number of fused-ring (bicyclic) bond motifs is 1. The van der Waals surface area contributed by atoms with Crippen LogP contribution in [0.25, 0.3) is 22.0 Å². The summed E-state index contributed by atoms with van der Waals surface area (Å²) in [7, 11) is 0. The van der Waals surface area contributed by atoms with E-state index < -0.39 is 0 Å². The van der Waals surface area contributed by atoms with Gasteiger partial charge in [0.25, 0.3) is 0 Å². The average molecular weight is 532 g/mol. The molecule has 1 N–H and O–H groups in total. The monoisotopic (exact) mass is 531 g/mol. The molecule has 204 valence electrons. The number of nitrogens with one attached hydrogen (secondary N) is 1. The van der Waals surface area contributed by atoms with Crippen molar-refractivity contribution in [3.63, 3.8) is 0 Å². The zero-order valence-electron chi connectivity index (χ0n) is 23.0. The summed E-state index contributed by atoms with van der Waals surface area (Å²) >= 11 is 0. The van der Waals surface area contributed by atoms with Crippen LogP contribution in [0.2, 0.25) is 0 Å². The summed E-state index contributed by atoms with van der Waals surface area (Å²) in [4.78, 5) is 13.8. The van der Waals surface area contributed by atoms with Crippen molar-refractivity contribution in [1.82, 2.24) is 15.1 Å². The van der Waals surface area contributed by atoms with E-state index in [4.69, 9.17) is 4.74 Å². The van der Waals surface area contributed by atoms with Crippen LogP contribution in [0.3, 0.4) is 0 Å². The third kappa shape index (κ3) is 5.89. The van der Waals surface area contributed by atoms with Crippen molar-refractivity contribution in [2.75, 3.05) is 19.7 Å². The van der Waals surface area contributed by atoms with Crippen LogP contribution in [-0.2, 0) is 4.79 Å². The summed E-state index contributed by atoms with van der Waals surface area (Å²) < 4.78 is 6.08. The first-order chi connectivity index (χ1) is 19.8. The molecule has 2 aliphatic rings. The Labute approximate surface area is 236 Å². The molecular weight excluding hydrogens is 494 g/mol. The van der Waals surface area contributed by atoms with Gasteiger partial charge in [-0.2, -0.15) is 5.10 Å². The normalized spacial score (nSPS) is 16.1. The number of amides is 1. The molecule has 1 saturated carbocycles. The molecule has 1 aliphatic heterocycles. The lowest BCUT2D eigenvalue weighted by Crippen LogP contribution is -2.41. The fourth-order valence-electron chi connectivity index (χ4n) is 5.57. The van der Waals surface area contributed by atoms with Gasteiger partial charge in [0.2, 0.25) is 5.91 Å². The van der Waals surface area contributed by atoms with Crippen LogP contribution < -0.4 is 4.74 Å². The summed E-state index contributed by atoms with van der Waals surface area (Å²) in [5, 5.41) is 8.45. The first-order valence-electron chi connectivity index (χ1n) is 14.7. The van der Waals surface area contributed by atoms with Crippen molar-refractivity contribution in [3.05, 3.63) is 108 Å². The second-order valence-electron chi connectivity index (χ2n) is 10.9. The van der Waals surface area contributed by atoms with Crippen LogP contribution in [0, 0.1) is 5.92 Å². The number of likely N-dealkylation sites (tertiary alicyclic amines) is 1. The number of carbonyl (C=O) groups excluding carboxylic acids is 1. The highest BCUT2D eigenvalue weighted by atomic mass is 16.5. The Morgan fingerprint density at radius 1 is 0.925 bits per heavy atom. The minimum atomic E-state index is 0.147. The summed E-state index contributed by atoms with van der Waals surface area (Å²) in [5.74, 6) is 1.60. The first kappa shape index (κ1) is 26.1. The molecular formula is C35H37N3O2. The van der Waals surface area contributed by atoms with Crippen LogP contribution in [0.5, 0.6) is 5.75 Å². The van der Waals surface area contributed by atoms with E-state index in [0.717, 1.165) is 55.4 Å². The molecule has 5 nitrogen and oxygen atoms in total. The van der Waals surface area contributed by atoms with Gasteiger partial charge >= 0.3 is 0 Å². The van der Waals surface area contributed by atoms with Crippen LogP contribution in [0.4, 0.5) is 0 Å². The van der Waals surface area contributed by atoms with Gasteiger partial charge in [0.15, 0.2) is 0 Å². The number of hydrogen-bond acceptors (Lipinski definition) is 3. The molecule has 0 unspecified atom stereocenters. The second kappa shape index (κ2) is 12.4. The summed E-state index contributed by atoms with van der Waals surface area (Å²) in [6, 6.07) is 26.1. The van der Waals surface area contributed by atoms with Crippen molar-refractivity contribution >= 4 is 28.0 Å². The van der Waals surface area contributed by atoms with Gasteiger partial charge in [-0.25, -0.2) is 0 Å². The molecule has 1 saturated heterocycles. The van der Waals surface area contributed by atoms with E-state index in [1.807, 2.05) is 17.2 Å². The lowest BCUT2D eigenvalue weighted by Gasteiger charge is -2.31. The van der Waals surface area contributed by atoms with Crippen LogP contribution >= 0.6 is 0 Å². The number of benzene rings is 3. The fraction of sp³-hybridized carbons (Fsp3) is 0.314. The third-order valence-electron chi connectivity index (χ3n) is 8.20. The van der Waals surface area contributed by atoms with E-state index >= 15 is 0 Å². The SMILES string of the molecule is O=C(/C=C/CCCCOc1ccc(/C(=C(\c2ccccc2)C2CCC2)c2ccc3[nH]ncc3c2)cc1)N1CCC1. The highest BCUT2D eigenvalue weighted by Gasteiger charge is 2.27. The molecule has 2 heterocycles. The van der Waals surface area contributed by atoms with E-state index in [0.29, 0.717) is 12.5 Å². The molecule has 5 heteroatoms. The Hall–Kier alpha value is -4.12. The van der Waals surface area contributed by atoms with Gasteiger partial charge < -0.3 is 9.64 Å². The molecule has 4 aromatic rings. The number of allylic oxidation sites excluding steroid dienone is 2. The summed E-state index contributed by atoms with van der Waals surface area (Å²) in [5.41, 5.74) is 7.51. The molecule has 40 heavy (non-hydrogen) atoms. The van der Waals surface area contributed by atoms with Crippen molar-refractivity contribution in [1.29, 1.82) is 0 Å².